The molecule has 0 aliphatic rings. The molecule has 1 rings (SSSR count). The molecule has 24 heavy (non-hydrogen) atoms. The number of ether oxygens (including phenoxy) is 1. The van der Waals surface area contributed by atoms with Crippen LogP contribution < -0.4 is 10.6 Å². The van der Waals surface area contributed by atoms with Crippen LogP contribution in [0.4, 0.5) is 23.2 Å². The lowest BCUT2D eigenvalue weighted by Crippen LogP contribution is -2.69. The molecule has 0 saturated carbocycles. The number of nitrogens with one attached hydrogen (secondary N) is 2. The molecule has 0 aromatic heterocycles. The van der Waals surface area contributed by atoms with Crippen molar-refractivity contribution in [3.63, 3.8) is 0 Å². The predicted octanol–water partition coefficient (Wildman–Crippen LogP) is 3.07. The molecule has 0 aliphatic carbocycles. The predicted molar refractivity (Wildman–Crippen MR) is 79.3 cm³/mol. The second-order valence-electron chi connectivity index (χ2n) is 4.40. The highest BCUT2D eigenvalue weighted by Crippen LogP contribution is 2.34. The Balaban J connectivity index is 3.39. The number of carbonyl (C=O) groups excluding carboxylic acids is 2. The van der Waals surface area contributed by atoms with E-state index in [0.29, 0.717) is 0 Å². The maximum absolute atomic E-state index is 13.6. The lowest BCUT2D eigenvalue weighted by molar-refractivity contribution is -0.207. The van der Waals surface area contributed by atoms with E-state index in [-0.39, 0.29) is 12.3 Å². The normalized spacial score (nSPS) is 13.8. The summed E-state index contributed by atoms with van der Waals surface area (Å²) >= 11 is 10.7. The number of alkyl halides is 4. The Morgan fingerprint density at radius 2 is 1.92 bits per heavy atom. The monoisotopic (exact) mass is 390 g/mol. The van der Waals surface area contributed by atoms with Gasteiger partial charge in [-0.2, -0.15) is 13.2 Å². The van der Waals surface area contributed by atoms with Crippen LogP contribution in [0.1, 0.15) is 6.92 Å². The molecule has 0 bridgehead atoms. The zero-order valence-electron chi connectivity index (χ0n) is 12.1. The summed E-state index contributed by atoms with van der Waals surface area (Å²) in [4.78, 5) is 23.4. The van der Waals surface area contributed by atoms with Crippen molar-refractivity contribution in [1.82, 2.24) is 5.32 Å². The van der Waals surface area contributed by atoms with E-state index in [1.807, 2.05) is 5.32 Å². The molecule has 0 fully saturated rings. The number of halogens is 6. The first-order valence-electron chi connectivity index (χ1n) is 6.41. The highest BCUT2D eigenvalue weighted by atomic mass is 35.5. The van der Waals surface area contributed by atoms with Gasteiger partial charge in [0, 0.05) is 5.69 Å². The highest BCUT2D eigenvalue weighted by Gasteiger charge is 2.63. The van der Waals surface area contributed by atoms with E-state index in [4.69, 9.17) is 23.2 Å². The van der Waals surface area contributed by atoms with Crippen molar-refractivity contribution >= 4 is 40.8 Å². The Bertz CT molecular complexity index is 628. The van der Waals surface area contributed by atoms with Gasteiger partial charge in [-0.25, -0.2) is 9.18 Å². The Morgan fingerprint density at radius 3 is 2.38 bits per heavy atom. The van der Waals surface area contributed by atoms with Gasteiger partial charge in [-0.15, -0.1) is 11.6 Å². The van der Waals surface area contributed by atoms with Gasteiger partial charge in [0.15, 0.2) is 0 Å². The molecule has 0 radical (unpaired) electrons. The summed E-state index contributed by atoms with van der Waals surface area (Å²) < 4.78 is 58.3. The summed E-state index contributed by atoms with van der Waals surface area (Å²) in [5.41, 5.74) is -3.99. The molecule has 5 nitrogen and oxygen atoms in total. The van der Waals surface area contributed by atoms with Gasteiger partial charge in [0.1, 0.15) is 11.7 Å². The number of esters is 1. The summed E-state index contributed by atoms with van der Waals surface area (Å²) in [6, 6.07) is 2.53. The first-order chi connectivity index (χ1) is 11.1. The SMILES string of the molecule is CCOC(=O)[C@@](NC(=O)CCl)(Nc1ccc(F)c(Cl)c1)C(F)(F)F. The fourth-order valence-corrected chi connectivity index (χ4v) is 1.91. The molecule has 1 aromatic rings. The average Bonchev–Trinajstić information content (AvgIpc) is 2.49. The maximum Gasteiger partial charge on any atom is 0.441 e. The molecular formula is C13H12Cl2F4N2O3. The van der Waals surface area contributed by atoms with E-state index in [2.05, 4.69) is 4.74 Å². The van der Waals surface area contributed by atoms with Gasteiger partial charge in [-0.3, -0.25) is 4.79 Å². The second-order valence-corrected chi connectivity index (χ2v) is 5.08. The van der Waals surface area contributed by atoms with E-state index >= 15 is 0 Å². The number of anilines is 1. The van der Waals surface area contributed by atoms with Gasteiger partial charge in [0.25, 0.3) is 0 Å². The lowest BCUT2D eigenvalue weighted by Gasteiger charge is -2.35. The Kier molecular flexibility index (Phi) is 6.67. The minimum atomic E-state index is -5.30. The maximum atomic E-state index is 13.6. The van der Waals surface area contributed by atoms with Crippen molar-refractivity contribution in [2.24, 2.45) is 0 Å². The number of carbonyl (C=O) groups is 2. The van der Waals surface area contributed by atoms with E-state index in [0.717, 1.165) is 18.2 Å². The van der Waals surface area contributed by atoms with E-state index in [1.54, 1.807) is 0 Å². The van der Waals surface area contributed by atoms with Crippen LogP contribution in [0, 0.1) is 5.82 Å². The number of rotatable bonds is 6. The summed E-state index contributed by atoms with van der Waals surface area (Å²) in [5, 5.41) is 2.80. The van der Waals surface area contributed by atoms with Crippen LogP contribution in [0.2, 0.25) is 5.02 Å². The van der Waals surface area contributed by atoms with Crippen LogP contribution in [-0.4, -0.2) is 36.2 Å². The average molecular weight is 391 g/mol. The number of benzene rings is 1. The number of hydrogen-bond acceptors (Lipinski definition) is 4. The molecule has 1 atom stereocenters. The van der Waals surface area contributed by atoms with Crippen LogP contribution in [0.15, 0.2) is 18.2 Å². The zero-order valence-corrected chi connectivity index (χ0v) is 13.7. The van der Waals surface area contributed by atoms with E-state index in [9.17, 15) is 27.2 Å². The van der Waals surface area contributed by atoms with Gasteiger partial charge >= 0.3 is 17.8 Å². The van der Waals surface area contributed by atoms with Gasteiger partial charge in [-0.1, -0.05) is 11.6 Å². The van der Waals surface area contributed by atoms with Gasteiger partial charge in [0.05, 0.1) is 11.6 Å². The molecule has 2 N–H and O–H groups in total. The quantitative estimate of drug-likeness (QED) is 0.339. The van der Waals surface area contributed by atoms with Gasteiger partial charge < -0.3 is 15.4 Å². The topological polar surface area (TPSA) is 67.4 Å². The van der Waals surface area contributed by atoms with E-state index < -0.39 is 40.4 Å². The summed E-state index contributed by atoms with van der Waals surface area (Å²) in [7, 11) is 0. The summed E-state index contributed by atoms with van der Waals surface area (Å²) in [6.45, 7) is 0.913. The first kappa shape index (κ1) is 20.3. The van der Waals surface area contributed by atoms with E-state index in [1.165, 1.54) is 12.2 Å². The third kappa shape index (κ3) is 4.41. The van der Waals surface area contributed by atoms with Crippen LogP contribution in [0.5, 0.6) is 0 Å². The first-order valence-corrected chi connectivity index (χ1v) is 7.32. The molecule has 0 heterocycles. The van der Waals surface area contributed by atoms with Crippen LogP contribution in [0.25, 0.3) is 0 Å². The Labute approximate surface area is 144 Å². The summed E-state index contributed by atoms with van der Waals surface area (Å²) in [5.74, 6) is -4.79. The second kappa shape index (κ2) is 7.89. The number of amides is 1. The molecule has 11 heteroatoms. The van der Waals surface area contributed by atoms with Gasteiger partial charge in [0.2, 0.25) is 5.91 Å². The third-order valence-corrected chi connectivity index (χ3v) is 3.24. The molecule has 0 aliphatic heterocycles. The zero-order chi connectivity index (χ0) is 18.5. The molecule has 1 amide bonds. The van der Waals surface area contributed by atoms with Gasteiger partial charge in [-0.05, 0) is 25.1 Å². The standard InChI is InChI=1S/C13H12Cl2F4N2O3/c1-2-24-11(23)12(13(17,18)19,21-10(22)6-14)20-7-3-4-9(16)8(15)5-7/h3-5,20H,2,6H2,1H3,(H,21,22)/t12-/m0/s1. The van der Waals surface area contributed by atoms with Crippen molar-refractivity contribution in [2.45, 2.75) is 18.8 Å². The van der Waals surface area contributed by atoms with Crippen LogP contribution in [0.3, 0.4) is 0 Å². The van der Waals surface area contributed by atoms with Crippen molar-refractivity contribution < 1.29 is 31.9 Å². The third-order valence-electron chi connectivity index (χ3n) is 2.71. The lowest BCUT2D eigenvalue weighted by atomic mass is 10.1. The molecular weight excluding hydrogens is 379 g/mol. The Hall–Kier alpha value is -1.74. The largest absolute Gasteiger partial charge is 0.463 e. The van der Waals surface area contributed by atoms with Crippen molar-refractivity contribution in [3.8, 4) is 0 Å². The minimum Gasteiger partial charge on any atom is -0.463 e. The van der Waals surface area contributed by atoms with Crippen molar-refractivity contribution in [2.75, 3.05) is 17.8 Å². The smallest absolute Gasteiger partial charge is 0.441 e. The minimum absolute atomic E-state index is 0.373. The van der Waals surface area contributed by atoms with Crippen molar-refractivity contribution in [1.29, 1.82) is 0 Å². The highest BCUT2D eigenvalue weighted by molar-refractivity contribution is 6.31. The fraction of sp³-hybridized carbons (Fsp3) is 0.385. The molecule has 134 valence electrons. The van der Waals surface area contributed by atoms with Crippen LogP contribution in [-0.2, 0) is 14.3 Å². The van der Waals surface area contributed by atoms with Crippen LogP contribution >= 0.6 is 23.2 Å². The molecule has 1 aromatic carbocycles. The summed E-state index contributed by atoms with van der Waals surface area (Å²) in [6.07, 6.45) is -5.30. The molecule has 0 spiro atoms. The molecule has 0 saturated heterocycles. The molecule has 0 unspecified atom stereocenters. The number of hydrogen-bond donors (Lipinski definition) is 2. The fourth-order valence-electron chi connectivity index (χ4n) is 1.66. The van der Waals surface area contributed by atoms with Crippen molar-refractivity contribution in [3.05, 3.63) is 29.0 Å². The Morgan fingerprint density at radius 1 is 1.29 bits per heavy atom.